The minimum absolute atomic E-state index is 0.0369. The molecule has 0 aliphatic rings. The fourth-order valence-electron chi connectivity index (χ4n) is 2.39. The second kappa shape index (κ2) is 5.58. The maximum absolute atomic E-state index is 12.6. The van der Waals surface area contributed by atoms with Gasteiger partial charge in [0.2, 0.25) is 0 Å². The van der Waals surface area contributed by atoms with Crippen LogP contribution in [0.1, 0.15) is 15.9 Å². The Bertz CT molecular complexity index is 794. The number of hydrogen-bond acceptors (Lipinski definition) is 3. The number of fused-ring (bicyclic) bond motifs is 1. The zero-order chi connectivity index (χ0) is 14.8. The van der Waals surface area contributed by atoms with E-state index < -0.39 is 0 Å². The van der Waals surface area contributed by atoms with E-state index in [0.717, 1.165) is 21.2 Å². The SMILES string of the molecule is CN(Cc1cccc(N)c1)C(=O)c1csc2ccccc12. The molecule has 0 spiro atoms. The van der Waals surface area contributed by atoms with E-state index in [-0.39, 0.29) is 5.91 Å². The fraction of sp³-hybridized carbons (Fsp3) is 0.118. The number of hydrogen-bond donors (Lipinski definition) is 1. The molecule has 0 aliphatic heterocycles. The van der Waals surface area contributed by atoms with Crippen LogP contribution >= 0.6 is 11.3 Å². The van der Waals surface area contributed by atoms with Crippen LogP contribution in [0, 0.1) is 0 Å². The molecular formula is C17H16N2OS. The van der Waals surface area contributed by atoms with E-state index in [4.69, 9.17) is 5.73 Å². The smallest absolute Gasteiger partial charge is 0.255 e. The third-order valence-electron chi connectivity index (χ3n) is 3.43. The average Bonchev–Trinajstić information content (AvgIpc) is 2.90. The predicted octanol–water partition coefficient (Wildman–Crippen LogP) is 3.76. The molecule has 0 fully saturated rings. The molecule has 0 atom stereocenters. The first-order valence-electron chi connectivity index (χ1n) is 6.71. The standard InChI is InChI=1S/C17H16N2OS/c1-19(10-12-5-4-6-13(18)9-12)17(20)15-11-21-16-8-3-2-7-14(15)16/h2-9,11H,10,18H2,1H3. The molecule has 1 amide bonds. The summed E-state index contributed by atoms with van der Waals surface area (Å²) < 4.78 is 1.14. The monoisotopic (exact) mass is 296 g/mol. The van der Waals surface area contributed by atoms with Crippen LogP contribution in [0.5, 0.6) is 0 Å². The maximum atomic E-state index is 12.6. The minimum atomic E-state index is 0.0369. The van der Waals surface area contributed by atoms with Crippen molar-refractivity contribution in [2.75, 3.05) is 12.8 Å². The summed E-state index contributed by atoms with van der Waals surface area (Å²) in [5.74, 6) is 0.0369. The summed E-state index contributed by atoms with van der Waals surface area (Å²) in [4.78, 5) is 14.3. The molecule has 3 rings (SSSR count). The third-order valence-corrected chi connectivity index (χ3v) is 4.39. The van der Waals surface area contributed by atoms with Gasteiger partial charge in [0.15, 0.2) is 0 Å². The molecule has 2 aromatic carbocycles. The van der Waals surface area contributed by atoms with Gasteiger partial charge in [-0.2, -0.15) is 0 Å². The summed E-state index contributed by atoms with van der Waals surface area (Å²) in [6, 6.07) is 15.6. The Morgan fingerprint density at radius 3 is 2.81 bits per heavy atom. The summed E-state index contributed by atoms with van der Waals surface area (Å²) in [6.45, 7) is 0.550. The number of nitrogens with two attached hydrogens (primary N) is 1. The lowest BCUT2D eigenvalue weighted by Crippen LogP contribution is -2.25. The maximum Gasteiger partial charge on any atom is 0.255 e. The van der Waals surface area contributed by atoms with E-state index in [1.54, 1.807) is 16.2 Å². The van der Waals surface area contributed by atoms with Crippen molar-refractivity contribution in [1.82, 2.24) is 4.90 Å². The predicted molar refractivity (Wildman–Crippen MR) is 88.5 cm³/mol. The Kier molecular flexibility index (Phi) is 3.62. The Labute approximate surface area is 127 Å². The van der Waals surface area contributed by atoms with Gasteiger partial charge in [0.05, 0.1) is 5.56 Å². The normalized spacial score (nSPS) is 10.7. The lowest BCUT2D eigenvalue weighted by Gasteiger charge is -2.17. The summed E-state index contributed by atoms with van der Waals surface area (Å²) in [5, 5.41) is 2.95. The number of nitrogen functional groups attached to an aromatic ring is 1. The summed E-state index contributed by atoms with van der Waals surface area (Å²) in [7, 11) is 1.82. The Balaban J connectivity index is 1.84. The molecular weight excluding hydrogens is 280 g/mol. The molecule has 1 aromatic heterocycles. The number of amides is 1. The van der Waals surface area contributed by atoms with Crippen molar-refractivity contribution < 1.29 is 4.79 Å². The molecule has 0 bridgehead atoms. The van der Waals surface area contributed by atoms with Crippen LogP contribution < -0.4 is 5.73 Å². The quantitative estimate of drug-likeness (QED) is 0.748. The van der Waals surface area contributed by atoms with E-state index in [2.05, 4.69) is 0 Å². The average molecular weight is 296 g/mol. The zero-order valence-electron chi connectivity index (χ0n) is 11.7. The van der Waals surface area contributed by atoms with Gasteiger partial charge < -0.3 is 10.6 Å². The van der Waals surface area contributed by atoms with Crippen molar-refractivity contribution in [2.45, 2.75) is 6.54 Å². The van der Waals surface area contributed by atoms with E-state index >= 15 is 0 Å². The van der Waals surface area contributed by atoms with Gasteiger partial charge in [0.25, 0.3) is 5.91 Å². The number of benzene rings is 2. The molecule has 0 saturated carbocycles. The topological polar surface area (TPSA) is 46.3 Å². The van der Waals surface area contributed by atoms with Gasteiger partial charge in [0, 0.05) is 34.7 Å². The van der Waals surface area contributed by atoms with Gasteiger partial charge in [-0.3, -0.25) is 4.79 Å². The van der Waals surface area contributed by atoms with Crippen LogP contribution in [0.2, 0.25) is 0 Å². The fourth-order valence-corrected chi connectivity index (χ4v) is 3.32. The lowest BCUT2D eigenvalue weighted by atomic mass is 10.1. The summed E-state index contributed by atoms with van der Waals surface area (Å²) in [5.41, 5.74) is 8.29. The molecule has 106 valence electrons. The minimum Gasteiger partial charge on any atom is -0.399 e. The molecule has 1 heterocycles. The first-order chi connectivity index (χ1) is 10.1. The Morgan fingerprint density at radius 2 is 2.00 bits per heavy atom. The van der Waals surface area contributed by atoms with Crippen molar-refractivity contribution >= 4 is 33.0 Å². The molecule has 0 aliphatic carbocycles. The number of carbonyl (C=O) groups excluding carboxylic acids is 1. The molecule has 4 heteroatoms. The van der Waals surface area contributed by atoms with E-state index in [9.17, 15) is 4.79 Å². The highest BCUT2D eigenvalue weighted by atomic mass is 32.1. The Morgan fingerprint density at radius 1 is 1.19 bits per heavy atom. The van der Waals surface area contributed by atoms with E-state index in [0.29, 0.717) is 12.2 Å². The summed E-state index contributed by atoms with van der Waals surface area (Å²) >= 11 is 1.60. The highest BCUT2D eigenvalue weighted by Gasteiger charge is 2.16. The number of carbonyl (C=O) groups is 1. The van der Waals surface area contributed by atoms with Crippen LogP contribution in [0.4, 0.5) is 5.69 Å². The molecule has 21 heavy (non-hydrogen) atoms. The van der Waals surface area contributed by atoms with Gasteiger partial charge in [0.1, 0.15) is 0 Å². The van der Waals surface area contributed by atoms with Crippen molar-refractivity contribution in [1.29, 1.82) is 0 Å². The first-order valence-corrected chi connectivity index (χ1v) is 7.59. The van der Waals surface area contributed by atoms with Crippen molar-refractivity contribution in [3.05, 3.63) is 65.0 Å². The van der Waals surface area contributed by atoms with Crippen LogP contribution in [0.15, 0.2) is 53.9 Å². The Hall–Kier alpha value is -2.33. The van der Waals surface area contributed by atoms with Crippen molar-refractivity contribution in [3.63, 3.8) is 0 Å². The van der Waals surface area contributed by atoms with Gasteiger partial charge in [-0.05, 0) is 23.8 Å². The summed E-state index contributed by atoms with van der Waals surface area (Å²) in [6.07, 6.45) is 0. The second-order valence-electron chi connectivity index (χ2n) is 5.05. The lowest BCUT2D eigenvalue weighted by molar-refractivity contribution is 0.0787. The number of thiophene rings is 1. The molecule has 0 unspecified atom stereocenters. The first kappa shape index (κ1) is 13.6. The zero-order valence-corrected chi connectivity index (χ0v) is 12.6. The van der Waals surface area contributed by atoms with Crippen LogP contribution in [-0.2, 0) is 6.54 Å². The second-order valence-corrected chi connectivity index (χ2v) is 5.96. The van der Waals surface area contributed by atoms with Crippen LogP contribution in [-0.4, -0.2) is 17.9 Å². The van der Waals surface area contributed by atoms with Crippen LogP contribution in [0.25, 0.3) is 10.1 Å². The molecule has 0 radical (unpaired) electrons. The van der Waals surface area contributed by atoms with E-state index in [1.807, 2.05) is 61.0 Å². The van der Waals surface area contributed by atoms with E-state index in [1.165, 1.54) is 0 Å². The van der Waals surface area contributed by atoms with Gasteiger partial charge in [-0.15, -0.1) is 11.3 Å². The van der Waals surface area contributed by atoms with Gasteiger partial charge in [-0.25, -0.2) is 0 Å². The number of nitrogens with zero attached hydrogens (tertiary/aromatic N) is 1. The third kappa shape index (κ3) is 2.76. The highest BCUT2D eigenvalue weighted by Crippen LogP contribution is 2.26. The van der Waals surface area contributed by atoms with Gasteiger partial charge in [-0.1, -0.05) is 30.3 Å². The largest absolute Gasteiger partial charge is 0.399 e. The van der Waals surface area contributed by atoms with Crippen LogP contribution in [0.3, 0.4) is 0 Å². The molecule has 0 saturated heterocycles. The van der Waals surface area contributed by atoms with Gasteiger partial charge >= 0.3 is 0 Å². The number of rotatable bonds is 3. The highest BCUT2D eigenvalue weighted by molar-refractivity contribution is 7.17. The molecule has 3 nitrogen and oxygen atoms in total. The molecule has 3 aromatic rings. The van der Waals surface area contributed by atoms with Crippen molar-refractivity contribution in [3.8, 4) is 0 Å². The molecule has 2 N–H and O–H groups in total. The van der Waals surface area contributed by atoms with Crippen molar-refractivity contribution in [2.24, 2.45) is 0 Å². The number of anilines is 1.